The number of pyridine rings is 2. The Morgan fingerprint density at radius 3 is 2.50 bits per heavy atom. The van der Waals surface area contributed by atoms with E-state index in [1.807, 2.05) is 24.3 Å². The smallest absolute Gasteiger partial charge is 0.148 e. The van der Waals surface area contributed by atoms with Crippen LogP contribution in [0.15, 0.2) is 53.8 Å². The van der Waals surface area contributed by atoms with Crippen molar-refractivity contribution in [3.8, 4) is 29.0 Å². The first-order valence-corrected chi connectivity index (χ1v) is 11.6. The number of nitrogens with zero attached hydrogens (tertiary/aromatic N) is 5. The molecule has 1 aliphatic rings. The fourth-order valence-corrected chi connectivity index (χ4v) is 4.49. The van der Waals surface area contributed by atoms with Gasteiger partial charge in [-0.3, -0.25) is 4.98 Å². The number of halogens is 1. The largest absolute Gasteiger partial charge is 0.491 e. The molecule has 0 unspecified atom stereocenters. The Kier molecular flexibility index (Phi) is 7.58. The predicted octanol–water partition coefficient (Wildman–Crippen LogP) is 4.36. The van der Waals surface area contributed by atoms with Crippen molar-refractivity contribution < 1.29 is 13.9 Å². The molecule has 1 aliphatic heterocycles. The molecule has 3 aromatic rings. The van der Waals surface area contributed by atoms with Crippen molar-refractivity contribution in [1.82, 2.24) is 9.97 Å². The second-order valence-corrected chi connectivity index (χ2v) is 8.57. The molecule has 0 atom stereocenters. The summed E-state index contributed by atoms with van der Waals surface area (Å²) in [6, 6.07) is 15.5. The van der Waals surface area contributed by atoms with Crippen molar-refractivity contribution in [3.05, 3.63) is 65.5 Å². The number of hydrogen-bond donors (Lipinski definition) is 0. The zero-order chi connectivity index (χ0) is 23.9. The molecule has 0 radical (unpaired) electrons. The molecule has 0 saturated carbocycles. The van der Waals surface area contributed by atoms with Gasteiger partial charge in [0, 0.05) is 30.8 Å². The summed E-state index contributed by atoms with van der Waals surface area (Å²) in [6.07, 6.45) is 2.50. The molecule has 0 N–H and O–H groups in total. The molecule has 1 aromatic carbocycles. The highest BCUT2D eigenvalue weighted by Crippen LogP contribution is 2.40. The van der Waals surface area contributed by atoms with Crippen molar-refractivity contribution >= 4 is 17.6 Å². The van der Waals surface area contributed by atoms with Gasteiger partial charge in [0.25, 0.3) is 0 Å². The Balaban J connectivity index is 1.76. The monoisotopic (exact) mass is 475 g/mol. The van der Waals surface area contributed by atoms with Crippen molar-refractivity contribution in [2.24, 2.45) is 0 Å². The van der Waals surface area contributed by atoms with E-state index in [1.54, 1.807) is 36.5 Å². The molecule has 0 spiro atoms. The SMILES string of the molecule is COCCOc1ccc(-c2c(C#N)c(SCc3cccnc3)nc(N3CC(F)C3)c2C#N)cc1. The van der Waals surface area contributed by atoms with Crippen LogP contribution in [0.3, 0.4) is 0 Å². The van der Waals surface area contributed by atoms with E-state index < -0.39 is 6.17 Å². The highest BCUT2D eigenvalue weighted by Gasteiger charge is 2.32. The lowest BCUT2D eigenvalue weighted by Crippen LogP contribution is -2.49. The van der Waals surface area contributed by atoms with Crippen LogP contribution in [0, 0.1) is 22.7 Å². The first-order valence-electron chi connectivity index (χ1n) is 10.7. The Hall–Kier alpha value is -3.66. The summed E-state index contributed by atoms with van der Waals surface area (Å²) in [6.45, 7) is 1.23. The first-order chi connectivity index (χ1) is 16.6. The van der Waals surface area contributed by atoms with Crippen molar-refractivity contribution in [2.75, 3.05) is 38.3 Å². The van der Waals surface area contributed by atoms with E-state index in [2.05, 4.69) is 22.1 Å². The third kappa shape index (κ3) is 5.12. The van der Waals surface area contributed by atoms with E-state index in [-0.39, 0.29) is 18.7 Å². The minimum Gasteiger partial charge on any atom is -0.491 e. The average molecular weight is 476 g/mol. The lowest BCUT2D eigenvalue weighted by molar-refractivity contribution is 0.146. The Morgan fingerprint density at radius 2 is 1.88 bits per heavy atom. The second kappa shape index (κ2) is 11.0. The van der Waals surface area contributed by atoms with Crippen LogP contribution in [0.25, 0.3) is 11.1 Å². The van der Waals surface area contributed by atoms with E-state index in [0.29, 0.717) is 52.3 Å². The molecular weight excluding hydrogens is 453 g/mol. The molecule has 7 nitrogen and oxygen atoms in total. The number of thioether (sulfide) groups is 1. The number of anilines is 1. The summed E-state index contributed by atoms with van der Waals surface area (Å²) in [5.41, 5.74) is 2.75. The predicted molar refractivity (Wildman–Crippen MR) is 127 cm³/mol. The molecule has 3 heterocycles. The first kappa shape index (κ1) is 23.5. The van der Waals surface area contributed by atoms with E-state index in [9.17, 15) is 14.9 Å². The van der Waals surface area contributed by atoms with Gasteiger partial charge in [-0.15, -0.1) is 11.8 Å². The van der Waals surface area contributed by atoms with Crippen molar-refractivity contribution in [3.63, 3.8) is 0 Å². The number of ether oxygens (including phenoxy) is 2. The lowest BCUT2D eigenvalue weighted by Gasteiger charge is -2.36. The van der Waals surface area contributed by atoms with Gasteiger partial charge in [0.1, 0.15) is 47.1 Å². The molecule has 4 rings (SSSR count). The number of benzene rings is 1. The summed E-state index contributed by atoms with van der Waals surface area (Å²) >= 11 is 1.39. The van der Waals surface area contributed by atoms with Crippen LogP contribution in [-0.4, -0.2) is 49.6 Å². The molecule has 2 aromatic heterocycles. The number of alkyl halides is 1. The van der Waals surface area contributed by atoms with Crippen LogP contribution in [0.4, 0.5) is 10.2 Å². The molecule has 172 valence electrons. The van der Waals surface area contributed by atoms with Crippen molar-refractivity contribution in [2.45, 2.75) is 17.0 Å². The maximum atomic E-state index is 13.7. The van der Waals surface area contributed by atoms with E-state index in [4.69, 9.17) is 9.47 Å². The van der Waals surface area contributed by atoms with Crippen LogP contribution in [0.2, 0.25) is 0 Å². The van der Waals surface area contributed by atoms with E-state index in [1.165, 1.54) is 11.8 Å². The molecule has 9 heteroatoms. The summed E-state index contributed by atoms with van der Waals surface area (Å²) in [5, 5.41) is 20.6. The van der Waals surface area contributed by atoms with Crippen LogP contribution < -0.4 is 9.64 Å². The number of aromatic nitrogens is 2. The maximum Gasteiger partial charge on any atom is 0.148 e. The maximum absolute atomic E-state index is 13.7. The fourth-order valence-electron chi connectivity index (χ4n) is 3.58. The second-order valence-electron chi connectivity index (χ2n) is 7.61. The number of nitriles is 2. The summed E-state index contributed by atoms with van der Waals surface area (Å²) < 4.78 is 24.3. The highest BCUT2D eigenvalue weighted by atomic mass is 32.2. The molecule has 1 saturated heterocycles. The van der Waals surface area contributed by atoms with Gasteiger partial charge < -0.3 is 14.4 Å². The Labute approximate surface area is 201 Å². The molecule has 0 bridgehead atoms. The van der Waals surface area contributed by atoms with Gasteiger partial charge in [0.15, 0.2) is 0 Å². The standard InChI is InChI=1S/C25H22FN5O2S/c1-32-9-10-33-20-6-4-18(5-7-20)23-21(11-27)24(31-14-19(26)15-31)30-25(22(23)12-28)34-16-17-3-2-8-29-13-17/h2-8,13,19H,9-10,14-16H2,1H3. The van der Waals surface area contributed by atoms with Crippen LogP contribution in [0.1, 0.15) is 16.7 Å². The normalized spacial score (nSPS) is 13.1. The average Bonchev–Trinajstić information content (AvgIpc) is 2.86. The van der Waals surface area contributed by atoms with Gasteiger partial charge in [0.2, 0.25) is 0 Å². The van der Waals surface area contributed by atoms with Gasteiger partial charge in [-0.1, -0.05) is 18.2 Å². The van der Waals surface area contributed by atoms with E-state index >= 15 is 0 Å². The molecular formula is C25H22FN5O2S. The topological polar surface area (TPSA) is 95.1 Å². The molecule has 0 aliphatic carbocycles. The van der Waals surface area contributed by atoms with E-state index in [0.717, 1.165) is 5.56 Å². The highest BCUT2D eigenvalue weighted by molar-refractivity contribution is 7.98. The number of hydrogen-bond acceptors (Lipinski definition) is 8. The quantitative estimate of drug-likeness (QED) is 0.333. The third-order valence-corrected chi connectivity index (χ3v) is 6.35. The molecule has 0 amide bonds. The lowest BCUT2D eigenvalue weighted by atomic mass is 9.95. The molecule has 34 heavy (non-hydrogen) atoms. The van der Waals surface area contributed by atoms with Gasteiger partial charge >= 0.3 is 0 Å². The summed E-state index contributed by atoms with van der Waals surface area (Å²) in [5.74, 6) is 1.61. The Morgan fingerprint density at radius 1 is 1.12 bits per heavy atom. The number of methoxy groups -OCH3 is 1. The third-order valence-electron chi connectivity index (χ3n) is 5.30. The van der Waals surface area contributed by atoms with Crippen LogP contribution in [0.5, 0.6) is 5.75 Å². The Bertz CT molecular complexity index is 1220. The van der Waals surface area contributed by atoms with Crippen LogP contribution >= 0.6 is 11.8 Å². The zero-order valence-electron chi connectivity index (χ0n) is 18.6. The minimum absolute atomic E-state index is 0.173. The summed E-state index contributed by atoms with van der Waals surface area (Å²) in [4.78, 5) is 10.5. The van der Waals surface area contributed by atoms with Gasteiger partial charge in [-0.2, -0.15) is 10.5 Å². The van der Waals surface area contributed by atoms with Crippen LogP contribution in [-0.2, 0) is 10.5 Å². The summed E-state index contributed by atoms with van der Waals surface area (Å²) in [7, 11) is 1.60. The van der Waals surface area contributed by atoms with Gasteiger partial charge in [0.05, 0.1) is 25.3 Å². The minimum atomic E-state index is -0.956. The van der Waals surface area contributed by atoms with Crippen molar-refractivity contribution in [1.29, 1.82) is 10.5 Å². The van der Waals surface area contributed by atoms with Gasteiger partial charge in [-0.05, 0) is 29.3 Å². The zero-order valence-corrected chi connectivity index (χ0v) is 19.4. The molecule has 1 fully saturated rings. The van der Waals surface area contributed by atoms with Gasteiger partial charge in [-0.25, -0.2) is 9.37 Å². The fraction of sp³-hybridized carbons (Fsp3) is 0.280. The number of rotatable bonds is 9.